The Balaban J connectivity index is 1.55. The summed E-state index contributed by atoms with van der Waals surface area (Å²) in [5.41, 5.74) is 2.83. The van der Waals surface area contributed by atoms with E-state index in [1.165, 1.54) is 12.1 Å². The van der Waals surface area contributed by atoms with Crippen molar-refractivity contribution in [3.63, 3.8) is 0 Å². The van der Waals surface area contributed by atoms with Crippen LogP contribution in [-0.4, -0.2) is 24.1 Å². The molecule has 3 aromatic rings. The number of amides is 1. The Hall–Kier alpha value is -3.02. The maximum atomic E-state index is 13.7. The molecule has 2 heterocycles. The van der Waals surface area contributed by atoms with Crippen molar-refractivity contribution in [2.45, 2.75) is 32.7 Å². The fraction of sp³-hybridized carbons (Fsp3) is 0.318. The zero-order valence-corrected chi connectivity index (χ0v) is 16.2. The van der Waals surface area contributed by atoms with Gasteiger partial charge in [0, 0.05) is 16.6 Å². The second-order valence-corrected chi connectivity index (χ2v) is 7.63. The monoisotopic (exact) mass is 382 g/mol. The van der Waals surface area contributed by atoms with Gasteiger partial charge in [-0.25, -0.2) is 4.39 Å². The van der Waals surface area contributed by atoms with E-state index >= 15 is 0 Å². The minimum atomic E-state index is -0.599. The topological polar surface area (TPSA) is 63.4 Å². The SMILES string of the molecule is Cc1[nH]c2ccc(F)cc2c1CC(=O)NC(C)(C)c1ccc2c(c1)OCCO2. The molecule has 0 unspecified atom stereocenters. The number of benzene rings is 2. The molecule has 0 atom stereocenters. The molecule has 0 spiro atoms. The summed E-state index contributed by atoms with van der Waals surface area (Å²) < 4.78 is 24.9. The number of aromatic nitrogens is 1. The first-order valence-electron chi connectivity index (χ1n) is 9.31. The Morgan fingerprint density at radius 1 is 1.14 bits per heavy atom. The van der Waals surface area contributed by atoms with Crippen LogP contribution in [0.15, 0.2) is 36.4 Å². The van der Waals surface area contributed by atoms with Crippen LogP contribution in [0.5, 0.6) is 11.5 Å². The fourth-order valence-corrected chi connectivity index (χ4v) is 3.64. The van der Waals surface area contributed by atoms with E-state index in [1.54, 1.807) is 6.07 Å². The summed E-state index contributed by atoms with van der Waals surface area (Å²) in [7, 11) is 0. The molecule has 2 N–H and O–H groups in total. The number of nitrogens with one attached hydrogen (secondary N) is 2. The van der Waals surface area contributed by atoms with Crippen LogP contribution in [0.2, 0.25) is 0 Å². The number of aryl methyl sites for hydroxylation is 1. The van der Waals surface area contributed by atoms with Gasteiger partial charge in [0.05, 0.1) is 12.0 Å². The van der Waals surface area contributed by atoms with Crippen LogP contribution in [0.25, 0.3) is 10.9 Å². The van der Waals surface area contributed by atoms with Crippen LogP contribution in [0.3, 0.4) is 0 Å². The van der Waals surface area contributed by atoms with Crippen LogP contribution in [0.1, 0.15) is 30.7 Å². The van der Waals surface area contributed by atoms with Gasteiger partial charge in [-0.3, -0.25) is 4.79 Å². The van der Waals surface area contributed by atoms with Crippen molar-refractivity contribution >= 4 is 16.8 Å². The Labute approximate surface area is 162 Å². The summed E-state index contributed by atoms with van der Waals surface area (Å²) in [6, 6.07) is 10.3. The van der Waals surface area contributed by atoms with Crippen molar-refractivity contribution in [1.82, 2.24) is 10.3 Å². The number of carbonyl (C=O) groups excluding carboxylic acids is 1. The van der Waals surface area contributed by atoms with Gasteiger partial charge in [-0.15, -0.1) is 0 Å². The van der Waals surface area contributed by atoms with Gasteiger partial charge >= 0.3 is 0 Å². The molecule has 1 aliphatic rings. The third kappa shape index (κ3) is 3.42. The summed E-state index contributed by atoms with van der Waals surface area (Å²) >= 11 is 0. The van der Waals surface area contributed by atoms with E-state index < -0.39 is 5.54 Å². The Bertz CT molecular complexity index is 1060. The van der Waals surface area contributed by atoms with Gasteiger partial charge in [-0.1, -0.05) is 6.07 Å². The van der Waals surface area contributed by atoms with Gasteiger partial charge in [0.2, 0.25) is 5.91 Å². The van der Waals surface area contributed by atoms with Gasteiger partial charge in [-0.2, -0.15) is 0 Å². The highest BCUT2D eigenvalue weighted by Crippen LogP contribution is 2.34. The van der Waals surface area contributed by atoms with Crippen molar-refractivity contribution in [2.75, 3.05) is 13.2 Å². The smallest absolute Gasteiger partial charge is 0.225 e. The van der Waals surface area contributed by atoms with Gasteiger partial charge in [-0.05, 0) is 62.2 Å². The first-order valence-corrected chi connectivity index (χ1v) is 9.31. The lowest BCUT2D eigenvalue weighted by atomic mass is 9.93. The number of H-pyrrole nitrogens is 1. The number of hydrogen-bond acceptors (Lipinski definition) is 3. The molecule has 28 heavy (non-hydrogen) atoms. The van der Waals surface area contributed by atoms with E-state index in [9.17, 15) is 9.18 Å². The fourth-order valence-electron chi connectivity index (χ4n) is 3.64. The second kappa shape index (κ2) is 6.86. The third-order valence-electron chi connectivity index (χ3n) is 5.13. The van der Waals surface area contributed by atoms with Crippen LogP contribution in [0.4, 0.5) is 4.39 Å². The predicted molar refractivity (Wildman–Crippen MR) is 105 cm³/mol. The van der Waals surface area contributed by atoms with Crippen LogP contribution >= 0.6 is 0 Å². The zero-order chi connectivity index (χ0) is 19.9. The van der Waals surface area contributed by atoms with Crippen molar-refractivity contribution in [2.24, 2.45) is 0 Å². The Morgan fingerprint density at radius 3 is 2.68 bits per heavy atom. The Morgan fingerprint density at radius 2 is 1.89 bits per heavy atom. The lowest BCUT2D eigenvalue weighted by molar-refractivity contribution is -0.122. The second-order valence-electron chi connectivity index (χ2n) is 7.63. The van der Waals surface area contributed by atoms with Crippen molar-refractivity contribution in [3.05, 3.63) is 59.0 Å². The van der Waals surface area contributed by atoms with Crippen molar-refractivity contribution in [1.29, 1.82) is 0 Å². The van der Waals surface area contributed by atoms with Crippen LogP contribution in [0, 0.1) is 12.7 Å². The molecule has 6 heteroatoms. The normalized spacial score (nSPS) is 13.6. The number of carbonyl (C=O) groups is 1. The molecule has 0 saturated heterocycles. The molecule has 2 aromatic carbocycles. The number of fused-ring (bicyclic) bond motifs is 2. The molecule has 4 rings (SSSR count). The van der Waals surface area contributed by atoms with Gasteiger partial charge in [0.15, 0.2) is 11.5 Å². The molecular formula is C22H23FN2O3. The predicted octanol–water partition coefficient (Wildman–Crippen LogP) is 3.98. The molecule has 0 saturated carbocycles. The number of halogens is 1. The molecule has 1 aromatic heterocycles. The largest absolute Gasteiger partial charge is 0.486 e. The molecule has 0 fully saturated rings. The Kier molecular flexibility index (Phi) is 4.49. The molecule has 5 nitrogen and oxygen atoms in total. The summed E-state index contributed by atoms with van der Waals surface area (Å²) in [5, 5.41) is 3.82. The number of hydrogen-bond donors (Lipinski definition) is 2. The van der Waals surface area contributed by atoms with E-state index in [-0.39, 0.29) is 18.1 Å². The average molecular weight is 382 g/mol. The first kappa shape index (κ1) is 18.3. The molecular weight excluding hydrogens is 359 g/mol. The zero-order valence-electron chi connectivity index (χ0n) is 16.2. The molecule has 1 amide bonds. The average Bonchev–Trinajstić information content (AvgIpc) is 2.96. The lowest BCUT2D eigenvalue weighted by Gasteiger charge is -2.29. The maximum Gasteiger partial charge on any atom is 0.225 e. The number of rotatable bonds is 4. The van der Waals surface area contributed by atoms with E-state index in [1.807, 2.05) is 39.0 Å². The van der Waals surface area contributed by atoms with Crippen molar-refractivity contribution < 1.29 is 18.7 Å². The van der Waals surface area contributed by atoms with Crippen LogP contribution in [-0.2, 0) is 16.8 Å². The minimum absolute atomic E-state index is 0.131. The molecule has 0 aliphatic carbocycles. The van der Waals surface area contributed by atoms with E-state index in [4.69, 9.17) is 9.47 Å². The van der Waals surface area contributed by atoms with Gasteiger partial charge in [0.25, 0.3) is 0 Å². The highest BCUT2D eigenvalue weighted by atomic mass is 19.1. The van der Waals surface area contributed by atoms with E-state index in [2.05, 4.69) is 10.3 Å². The summed E-state index contributed by atoms with van der Waals surface area (Å²) in [5.74, 6) is 0.959. The van der Waals surface area contributed by atoms with E-state index in [0.29, 0.717) is 24.7 Å². The molecule has 146 valence electrons. The summed E-state index contributed by atoms with van der Waals surface area (Å²) in [6.45, 7) is 6.83. The summed E-state index contributed by atoms with van der Waals surface area (Å²) in [6.07, 6.45) is 0.170. The standard InChI is InChI=1S/C22H23FN2O3/c1-13-16(17-11-15(23)5-6-18(17)24-13)12-21(26)25-22(2,3)14-4-7-19-20(10-14)28-9-8-27-19/h4-7,10-11,24H,8-9,12H2,1-3H3,(H,25,26). The van der Waals surface area contributed by atoms with Gasteiger partial charge < -0.3 is 19.8 Å². The van der Waals surface area contributed by atoms with Crippen LogP contribution < -0.4 is 14.8 Å². The number of ether oxygens (including phenoxy) is 2. The van der Waals surface area contributed by atoms with E-state index in [0.717, 1.165) is 27.7 Å². The molecule has 0 radical (unpaired) electrons. The lowest BCUT2D eigenvalue weighted by Crippen LogP contribution is -2.41. The first-order chi connectivity index (χ1) is 13.3. The maximum absolute atomic E-state index is 13.7. The third-order valence-corrected chi connectivity index (χ3v) is 5.13. The summed E-state index contributed by atoms with van der Waals surface area (Å²) in [4.78, 5) is 16.0. The van der Waals surface area contributed by atoms with Gasteiger partial charge in [0.1, 0.15) is 19.0 Å². The molecule has 1 aliphatic heterocycles. The highest BCUT2D eigenvalue weighted by Gasteiger charge is 2.26. The highest BCUT2D eigenvalue weighted by molar-refractivity contribution is 5.90. The van der Waals surface area contributed by atoms with Crippen molar-refractivity contribution in [3.8, 4) is 11.5 Å². The molecule has 0 bridgehead atoms. The number of aromatic amines is 1. The quantitative estimate of drug-likeness (QED) is 0.717. The minimum Gasteiger partial charge on any atom is -0.486 e.